The second-order valence-electron chi connectivity index (χ2n) is 6.90. The third kappa shape index (κ3) is 4.78. The molecule has 2 N–H and O–H groups in total. The van der Waals surface area contributed by atoms with E-state index >= 15 is 0 Å². The first kappa shape index (κ1) is 19.6. The van der Waals surface area contributed by atoms with Gasteiger partial charge in [0.1, 0.15) is 0 Å². The molecule has 0 bridgehead atoms. The molecule has 144 valence electrons. The lowest BCUT2D eigenvalue weighted by atomic mass is 9.97. The van der Waals surface area contributed by atoms with Gasteiger partial charge in [-0.25, -0.2) is 9.97 Å². The number of nitrogens with zero attached hydrogens (tertiary/aromatic N) is 3. The molecule has 0 aliphatic carbocycles. The van der Waals surface area contributed by atoms with Crippen LogP contribution in [0.25, 0.3) is 11.4 Å². The van der Waals surface area contributed by atoms with Crippen LogP contribution in [0.4, 0.5) is 0 Å². The van der Waals surface area contributed by atoms with Crippen LogP contribution < -0.4 is 5.32 Å². The minimum Gasteiger partial charge on any atom is -0.396 e. The van der Waals surface area contributed by atoms with Crippen molar-refractivity contribution in [1.29, 1.82) is 0 Å². The number of carbonyl (C=O) groups is 1. The molecule has 3 rings (SSSR count). The number of aliphatic hydroxyl groups excluding tert-OH is 1. The van der Waals surface area contributed by atoms with Crippen LogP contribution in [0.5, 0.6) is 0 Å². The van der Waals surface area contributed by atoms with Crippen molar-refractivity contribution in [2.75, 3.05) is 6.61 Å². The molecule has 0 fully saturated rings. The summed E-state index contributed by atoms with van der Waals surface area (Å²) in [4.78, 5) is 25.2. The van der Waals surface area contributed by atoms with Crippen LogP contribution in [0, 0.1) is 0 Å². The molecule has 1 unspecified atom stereocenters. The monoisotopic (exact) mass is 376 g/mol. The highest BCUT2D eigenvalue weighted by molar-refractivity contribution is 5.94. The van der Waals surface area contributed by atoms with Crippen LogP contribution in [-0.2, 0) is 0 Å². The van der Waals surface area contributed by atoms with E-state index in [0.29, 0.717) is 23.7 Å². The molecule has 0 aliphatic rings. The number of hydrogen-bond acceptors (Lipinski definition) is 5. The van der Waals surface area contributed by atoms with Gasteiger partial charge in [0.05, 0.1) is 11.6 Å². The maximum Gasteiger partial charge on any atom is 0.254 e. The number of carbonyl (C=O) groups excluding carboxylic acids is 1. The summed E-state index contributed by atoms with van der Waals surface area (Å²) in [5.74, 6) is 0.681. The van der Waals surface area contributed by atoms with Crippen molar-refractivity contribution >= 4 is 5.91 Å². The van der Waals surface area contributed by atoms with Gasteiger partial charge in [0.15, 0.2) is 5.82 Å². The molecule has 0 saturated carbocycles. The number of pyridine rings is 1. The van der Waals surface area contributed by atoms with E-state index in [1.807, 2.05) is 24.3 Å². The second kappa shape index (κ2) is 9.19. The standard InChI is InChI=1S/C22H24N4O2/c1-15(2)16-5-7-17(8-6-16)20(9-11-27)26-22(28)19-13-24-21(25-14-19)18-4-3-10-23-12-18/h3-8,10,12-15,20,27H,9,11H2,1-2H3,(H,26,28). The van der Waals surface area contributed by atoms with Crippen molar-refractivity contribution < 1.29 is 9.90 Å². The van der Waals surface area contributed by atoms with Crippen LogP contribution in [0.15, 0.2) is 61.2 Å². The summed E-state index contributed by atoms with van der Waals surface area (Å²) in [6.45, 7) is 4.25. The zero-order valence-corrected chi connectivity index (χ0v) is 16.0. The van der Waals surface area contributed by atoms with Crippen LogP contribution in [0.2, 0.25) is 0 Å². The number of hydrogen-bond donors (Lipinski definition) is 2. The van der Waals surface area contributed by atoms with Gasteiger partial charge in [-0.15, -0.1) is 0 Å². The zero-order chi connectivity index (χ0) is 19.9. The molecule has 1 amide bonds. The third-order valence-corrected chi connectivity index (χ3v) is 4.56. The van der Waals surface area contributed by atoms with Crippen LogP contribution >= 0.6 is 0 Å². The summed E-state index contributed by atoms with van der Waals surface area (Å²) in [7, 11) is 0. The fraction of sp³-hybridized carbons (Fsp3) is 0.273. The van der Waals surface area contributed by atoms with Crippen molar-refractivity contribution in [2.45, 2.75) is 32.2 Å². The van der Waals surface area contributed by atoms with Gasteiger partial charge in [-0.2, -0.15) is 0 Å². The van der Waals surface area contributed by atoms with Crippen LogP contribution in [0.1, 0.15) is 53.7 Å². The Morgan fingerprint density at radius 3 is 2.29 bits per heavy atom. The van der Waals surface area contributed by atoms with Gasteiger partial charge in [-0.1, -0.05) is 38.1 Å². The van der Waals surface area contributed by atoms with E-state index in [9.17, 15) is 9.90 Å². The Morgan fingerprint density at radius 2 is 1.71 bits per heavy atom. The smallest absolute Gasteiger partial charge is 0.254 e. The van der Waals surface area contributed by atoms with E-state index in [1.165, 1.54) is 18.0 Å². The molecule has 2 aromatic heterocycles. The number of nitrogens with one attached hydrogen (secondary N) is 1. The topological polar surface area (TPSA) is 88.0 Å². The van der Waals surface area contributed by atoms with Gasteiger partial charge in [0.25, 0.3) is 5.91 Å². The molecule has 1 atom stereocenters. The number of amides is 1. The summed E-state index contributed by atoms with van der Waals surface area (Å²) in [6.07, 6.45) is 6.79. The first-order valence-electron chi connectivity index (χ1n) is 9.32. The number of benzene rings is 1. The van der Waals surface area contributed by atoms with E-state index in [4.69, 9.17) is 0 Å². The Morgan fingerprint density at radius 1 is 1.04 bits per heavy atom. The summed E-state index contributed by atoms with van der Waals surface area (Å²) < 4.78 is 0. The van der Waals surface area contributed by atoms with Gasteiger partial charge >= 0.3 is 0 Å². The molecule has 28 heavy (non-hydrogen) atoms. The van der Waals surface area contributed by atoms with Crippen molar-refractivity contribution in [3.05, 3.63) is 77.9 Å². The quantitative estimate of drug-likeness (QED) is 0.659. The highest BCUT2D eigenvalue weighted by Gasteiger charge is 2.16. The Kier molecular flexibility index (Phi) is 6.45. The minimum atomic E-state index is -0.281. The predicted molar refractivity (Wildman–Crippen MR) is 108 cm³/mol. The molecule has 0 spiro atoms. The molecule has 0 aliphatic heterocycles. The lowest BCUT2D eigenvalue weighted by Gasteiger charge is -2.19. The summed E-state index contributed by atoms with van der Waals surface area (Å²) >= 11 is 0. The lowest BCUT2D eigenvalue weighted by Crippen LogP contribution is -2.29. The maximum atomic E-state index is 12.6. The van der Waals surface area contributed by atoms with Crippen molar-refractivity contribution in [1.82, 2.24) is 20.3 Å². The molecule has 6 heteroatoms. The highest BCUT2D eigenvalue weighted by Crippen LogP contribution is 2.21. The average molecular weight is 376 g/mol. The number of aromatic nitrogens is 3. The molecule has 1 aromatic carbocycles. The molecule has 0 saturated heterocycles. The minimum absolute atomic E-state index is 0.0205. The zero-order valence-electron chi connectivity index (χ0n) is 16.0. The Balaban J connectivity index is 1.73. The molecule has 3 aromatic rings. The van der Waals surface area contributed by atoms with E-state index in [-0.39, 0.29) is 18.6 Å². The first-order chi connectivity index (χ1) is 13.6. The Labute approximate surface area is 164 Å². The second-order valence-corrected chi connectivity index (χ2v) is 6.90. The Hall–Kier alpha value is -3.12. The fourth-order valence-corrected chi connectivity index (χ4v) is 2.90. The van der Waals surface area contributed by atoms with Gasteiger partial charge in [0.2, 0.25) is 0 Å². The molecule has 2 heterocycles. The van der Waals surface area contributed by atoms with Gasteiger partial charge in [0, 0.05) is 37.0 Å². The van der Waals surface area contributed by atoms with Crippen molar-refractivity contribution in [3.63, 3.8) is 0 Å². The van der Waals surface area contributed by atoms with Gasteiger partial charge in [-0.3, -0.25) is 9.78 Å². The average Bonchev–Trinajstić information content (AvgIpc) is 2.74. The molecule has 6 nitrogen and oxygen atoms in total. The van der Waals surface area contributed by atoms with E-state index in [0.717, 1.165) is 11.1 Å². The first-order valence-corrected chi connectivity index (χ1v) is 9.32. The summed E-state index contributed by atoms with van der Waals surface area (Å²) in [6, 6.07) is 11.5. The highest BCUT2D eigenvalue weighted by atomic mass is 16.3. The van der Waals surface area contributed by atoms with Gasteiger partial charge < -0.3 is 10.4 Å². The third-order valence-electron chi connectivity index (χ3n) is 4.56. The maximum absolute atomic E-state index is 12.6. The van der Waals surface area contributed by atoms with Crippen LogP contribution in [0.3, 0.4) is 0 Å². The fourth-order valence-electron chi connectivity index (χ4n) is 2.90. The normalized spacial score (nSPS) is 12.0. The number of rotatable bonds is 7. The molecular formula is C22H24N4O2. The Bertz CT molecular complexity index is 894. The SMILES string of the molecule is CC(C)c1ccc(C(CCO)NC(=O)c2cnc(-c3cccnc3)nc2)cc1. The van der Waals surface area contributed by atoms with Gasteiger partial charge in [-0.05, 0) is 35.6 Å². The summed E-state index contributed by atoms with van der Waals surface area (Å²) in [5.41, 5.74) is 3.35. The summed E-state index contributed by atoms with van der Waals surface area (Å²) in [5, 5.41) is 12.4. The lowest BCUT2D eigenvalue weighted by molar-refractivity contribution is 0.0929. The van der Waals surface area contributed by atoms with E-state index in [1.54, 1.807) is 12.4 Å². The van der Waals surface area contributed by atoms with E-state index in [2.05, 4.69) is 46.2 Å². The predicted octanol–water partition coefficient (Wildman–Crippen LogP) is 3.52. The van der Waals surface area contributed by atoms with Crippen molar-refractivity contribution in [3.8, 4) is 11.4 Å². The van der Waals surface area contributed by atoms with Crippen molar-refractivity contribution in [2.24, 2.45) is 0 Å². The van der Waals surface area contributed by atoms with E-state index < -0.39 is 0 Å². The molecule has 0 radical (unpaired) electrons. The molecular weight excluding hydrogens is 352 g/mol. The van der Waals surface area contributed by atoms with Crippen LogP contribution in [-0.4, -0.2) is 32.6 Å². The largest absolute Gasteiger partial charge is 0.396 e. The number of aliphatic hydroxyl groups is 1.